The van der Waals surface area contributed by atoms with Crippen LogP contribution in [0.1, 0.15) is 5.69 Å². The highest BCUT2D eigenvalue weighted by atomic mass is 16.5. The van der Waals surface area contributed by atoms with Crippen LogP contribution in [0.4, 0.5) is 0 Å². The lowest BCUT2D eigenvalue weighted by atomic mass is 10.2. The monoisotopic (exact) mass is 189 g/mol. The molecule has 0 aliphatic carbocycles. The fourth-order valence-electron chi connectivity index (χ4n) is 1.62. The molecule has 0 atom stereocenters. The molecule has 1 aromatic carbocycles. The Balaban J connectivity index is 2.74. The Kier molecular flexibility index (Phi) is 2.00. The first-order valence-electron chi connectivity index (χ1n) is 4.37. The average molecular weight is 189 g/mol. The molecule has 1 heterocycles. The van der Waals surface area contributed by atoms with Gasteiger partial charge in [0.1, 0.15) is 5.75 Å². The molecule has 14 heavy (non-hydrogen) atoms. The van der Waals surface area contributed by atoms with Crippen molar-refractivity contribution >= 4 is 17.3 Å². The van der Waals surface area contributed by atoms with Crippen molar-refractivity contribution < 1.29 is 9.53 Å². The van der Waals surface area contributed by atoms with Gasteiger partial charge >= 0.3 is 0 Å². The molecule has 0 aliphatic heterocycles. The summed E-state index contributed by atoms with van der Waals surface area (Å²) in [6.45, 7) is 1.90. The normalized spacial score (nSPS) is 10.4. The minimum Gasteiger partial charge on any atom is -0.497 e. The first-order chi connectivity index (χ1) is 6.76. The van der Waals surface area contributed by atoms with E-state index in [-0.39, 0.29) is 0 Å². The number of aromatic nitrogens is 1. The topological polar surface area (TPSA) is 31.2 Å². The van der Waals surface area contributed by atoms with E-state index in [9.17, 15) is 4.79 Å². The first-order valence-corrected chi connectivity index (χ1v) is 4.37. The van der Waals surface area contributed by atoms with Crippen molar-refractivity contribution in [2.24, 2.45) is 0 Å². The Morgan fingerprint density at radius 1 is 1.36 bits per heavy atom. The fraction of sp³-hybridized carbons (Fsp3) is 0.182. The second-order valence-corrected chi connectivity index (χ2v) is 3.19. The van der Waals surface area contributed by atoms with Gasteiger partial charge in [-0.1, -0.05) is 0 Å². The zero-order valence-corrected chi connectivity index (χ0v) is 8.15. The number of aryl methyl sites for hydroxylation is 1. The highest BCUT2D eigenvalue weighted by molar-refractivity contribution is 5.87. The number of methoxy groups -OCH3 is 1. The Morgan fingerprint density at radius 2 is 2.14 bits per heavy atom. The molecule has 2 aromatic rings. The van der Waals surface area contributed by atoms with Crippen molar-refractivity contribution in [3.8, 4) is 5.75 Å². The van der Waals surface area contributed by atoms with Crippen LogP contribution in [0, 0.1) is 6.92 Å². The molecule has 0 saturated carbocycles. The minimum absolute atomic E-state index is 0.806. The van der Waals surface area contributed by atoms with E-state index in [2.05, 4.69) is 0 Å². The van der Waals surface area contributed by atoms with Crippen molar-refractivity contribution in [1.29, 1.82) is 0 Å². The van der Waals surface area contributed by atoms with Crippen LogP contribution in [-0.4, -0.2) is 18.1 Å². The Morgan fingerprint density at radius 3 is 2.79 bits per heavy atom. The van der Waals surface area contributed by atoms with E-state index in [1.165, 1.54) is 0 Å². The molecular weight excluding hydrogens is 178 g/mol. The Labute approximate surface area is 81.9 Å². The van der Waals surface area contributed by atoms with Crippen LogP contribution in [0.5, 0.6) is 5.75 Å². The predicted molar refractivity (Wildman–Crippen MR) is 55.4 cm³/mol. The van der Waals surface area contributed by atoms with Crippen LogP contribution in [-0.2, 0) is 4.79 Å². The molecule has 0 spiro atoms. The molecule has 3 heteroatoms. The van der Waals surface area contributed by atoms with Crippen LogP contribution >= 0.6 is 0 Å². The van der Waals surface area contributed by atoms with E-state index >= 15 is 0 Å². The van der Waals surface area contributed by atoms with E-state index < -0.39 is 0 Å². The highest BCUT2D eigenvalue weighted by Crippen LogP contribution is 2.23. The fourth-order valence-corrected chi connectivity index (χ4v) is 1.62. The van der Waals surface area contributed by atoms with Crippen molar-refractivity contribution in [2.75, 3.05) is 7.11 Å². The third-order valence-electron chi connectivity index (χ3n) is 2.34. The number of benzene rings is 1. The molecular formula is C11H11NO2. The summed E-state index contributed by atoms with van der Waals surface area (Å²) in [5.41, 5.74) is 1.85. The number of carbonyl (C=O) groups is 1. The van der Waals surface area contributed by atoms with Crippen LogP contribution in [0.2, 0.25) is 0 Å². The third kappa shape index (κ3) is 1.18. The van der Waals surface area contributed by atoms with Crippen molar-refractivity contribution in [1.82, 2.24) is 4.57 Å². The summed E-state index contributed by atoms with van der Waals surface area (Å²) in [5, 5.41) is 1.02. The van der Waals surface area contributed by atoms with Gasteiger partial charge in [0, 0.05) is 11.1 Å². The number of hydrogen-bond acceptors (Lipinski definition) is 2. The molecule has 3 nitrogen and oxygen atoms in total. The lowest BCUT2D eigenvalue weighted by molar-refractivity contribution is 0.415. The van der Waals surface area contributed by atoms with Gasteiger partial charge in [0.05, 0.1) is 12.6 Å². The summed E-state index contributed by atoms with van der Waals surface area (Å²) in [5.74, 6) is 0.806. The van der Waals surface area contributed by atoms with Crippen molar-refractivity contribution in [2.45, 2.75) is 6.92 Å². The highest BCUT2D eigenvalue weighted by Gasteiger charge is 2.04. The maximum Gasteiger partial charge on any atom is 0.218 e. The van der Waals surface area contributed by atoms with Crippen molar-refractivity contribution in [3.63, 3.8) is 0 Å². The van der Waals surface area contributed by atoms with E-state index in [4.69, 9.17) is 4.74 Å². The number of carbonyl (C=O) groups excluding carboxylic acids is 1. The number of ether oxygens (including phenoxy) is 1. The van der Waals surface area contributed by atoms with Gasteiger partial charge in [0.25, 0.3) is 0 Å². The van der Waals surface area contributed by atoms with Crippen molar-refractivity contribution in [3.05, 3.63) is 30.0 Å². The molecule has 0 unspecified atom stereocenters. The maximum absolute atomic E-state index is 10.8. The van der Waals surface area contributed by atoms with Crippen LogP contribution in [0.3, 0.4) is 0 Å². The predicted octanol–water partition coefficient (Wildman–Crippen LogP) is 2.00. The summed E-state index contributed by atoms with van der Waals surface area (Å²) >= 11 is 0. The standard InChI is InChI=1S/C11H11NO2/c1-8-5-9-6-10(14-2)3-4-11(9)12(8)7-13/h3-7H,1-2H3. The Hall–Kier alpha value is -1.77. The zero-order valence-electron chi connectivity index (χ0n) is 8.15. The van der Waals surface area contributed by atoms with E-state index in [0.29, 0.717) is 0 Å². The van der Waals surface area contributed by atoms with Crippen LogP contribution in [0.15, 0.2) is 24.3 Å². The molecule has 2 rings (SSSR count). The lowest BCUT2D eigenvalue weighted by Crippen LogP contribution is -1.95. The molecule has 1 aromatic heterocycles. The van der Waals surface area contributed by atoms with E-state index in [1.807, 2.05) is 31.2 Å². The largest absolute Gasteiger partial charge is 0.497 e. The molecule has 0 fully saturated rings. The minimum atomic E-state index is 0.806. The van der Waals surface area contributed by atoms with Gasteiger partial charge in [-0.15, -0.1) is 0 Å². The molecule has 0 amide bonds. The third-order valence-corrected chi connectivity index (χ3v) is 2.34. The van der Waals surface area contributed by atoms with Gasteiger partial charge in [-0.25, -0.2) is 0 Å². The smallest absolute Gasteiger partial charge is 0.218 e. The number of nitrogens with zero attached hydrogens (tertiary/aromatic N) is 1. The van der Waals surface area contributed by atoms with Gasteiger partial charge < -0.3 is 4.74 Å². The SMILES string of the molecule is COc1ccc2c(c1)cc(C)n2C=O. The molecule has 72 valence electrons. The molecule has 0 radical (unpaired) electrons. The lowest BCUT2D eigenvalue weighted by Gasteiger charge is -2.00. The maximum atomic E-state index is 10.8. The van der Waals surface area contributed by atoms with Crippen LogP contribution in [0.25, 0.3) is 10.9 Å². The molecule has 0 aliphatic rings. The molecule has 0 N–H and O–H groups in total. The molecule has 0 bridgehead atoms. The van der Waals surface area contributed by atoms with Crippen LogP contribution < -0.4 is 4.74 Å². The summed E-state index contributed by atoms with van der Waals surface area (Å²) < 4.78 is 6.73. The van der Waals surface area contributed by atoms with Gasteiger partial charge in [-0.05, 0) is 31.2 Å². The Bertz CT molecular complexity index is 485. The number of rotatable bonds is 2. The van der Waals surface area contributed by atoms with E-state index in [1.54, 1.807) is 11.7 Å². The van der Waals surface area contributed by atoms with Gasteiger partial charge in [-0.2, -0.15) is 0 Å². The number of hydrogen-bond donors (Lipinski definition) is 0. The summed E-state index contributed by atoms with van der Waals surface area (Å²) in [7, 11) is 1.63. The summed E-state index contributed by atoms with van der Waals surface area (Å²) in [4.78, 5) is 10.8. The zero-order chi connectivity index (χ0) is 10.1. The first kappa shape index (κ1) is 8.81. The summed E-state index contributed by atoms with van der Waals surface area (Å²) in [6, 6.07) is 7.62. The van der Waals surface area contributed by atoms with Gasteiger partial charge in [0.15, 0.2) is 0 Å². The quantitative estimate of drug-likeness (QED) is 0.676. The molecule has 0 saturated heterocycles. The second kappa shape index (κ2) is 3.18. The van der Waals surface area contributed by atoms with E-state index in [0.717, 1.165) is 28.8 Å². The second-order valence-electron chi connectivity index (χ2n) is 3.19. The number of fused-ring (bicyclic) bond motifs is 1. The summed E-state index contributed by atoms with van der Waals surface area (Å²) in [6.07, 6.45) is 0.824. The van der Waals surface area contributed by atoms with Gasteiger partial charge in [-0.3, -0.25) is 9.36 Å². The average Bonchev–Trinajstić information content (AvgIpc) is 2.51. The van der Waals surface area contributed by atoms with Gasteiger partial charge in [0.2, 0.25) is 6.41 Å².